The van der Waals surface area contributed by atoms with Crippen molar-refractivity contribution in [2.24, 2.45) is 0 Å². The summed E-state index contributed by atoms with van der Waals surface area (Å²) in [7, 11) is 0. The third-order valence-electron chi connectivity index (χ3n) is 0.262. The van der Waals surface area contributed by atoms with E-state index in [0.717, 1.165) is 0 Å². The summed E-state index contributed by atoms with van der Waals surface area (Å²) in [5.41, 5.74) is 0. The van der Waals surface area contributed by atoms with Crippen LogP contribution in [0.5, 0.6) is 0 Å². The Hall–Kier alpha value is -0.570. The molecule has 0 spiro atoms. The van der Waals surface area contributed by atoms with Crippen LogP contribution in [0, 0.1) is 0 Å². The number of carbonyl (C=O) groups is 1. The first kappa shape index (κ1) is 5.43. The molecule has 0 atom stereocenters. The van der Waals surface area contributed by atoms with Crippen molar-refractivity contribution in [3.05, 3.63) is 0 Å². The summed E-state index contributed by atoms with van der Waals surface area (Å²) in [4.78, 5) is 9.62. The molecule has 0 saturated carbocycles. The molecule has 0 aromatic carbocycles. The van der Waals surface area contributed by atoms with Crippen LogP contribution in [0.1, 0.15) is 6.92 Å². The SMILES string of the molecule is CC(=O)OC[O]. The van der Waals surface area contributed by atoms with Crippen molar-refractivity contribution in [1.29, 1.82) is 0 Å². The lowest BCUT2D eigenvalue weighted by molar-refractivity contribution is -0.153. The largest absolute Gasteiger partial charge is 0.436 e. The van der Waals surface area contributed by atoms with Gasteiger partial charge in [0.25, 0.3) is 0 Å². The Morgan fingerprint density at radius 2 is 2.33 bits per heavy atom. The van der Waals surface area contributed by atoms with E-state index in [1.807, 2.05) is 0 Å². The van der Waals surface area contributed by atoms with E-state index in [9.17, 15) is 9.90 Å². The van der Waals surface area contributed by atoms with Crippen LogP contribution in [-0.2, 0) is 14.6 Å². The quantitative estimate of drug-likeness (QED) is 0.333. The van der Waals surface area contributed by atoms with Crippen LogP contribution < -0.4 is 0 Å². The zero-order chi connectivity index (χ0) is 4.99. The first-order valence-corrected chi connectivity index (χ1v) is 1.49. The highest BCUT2D eigenvalue weighted by atomic mass is 16.6. The molecule has 0 aliphatic heterocycles. The summed E-state index contributed by atoms with van der Waals surface area (Å²) >= 11 is 0. The van der Waals surface area contributed by atoms with Gasteiger partial charge in [-0.25, -0.2) is 0 Å². The molecule has 0 heterocycles. The third-order valence-corrected chi connectivity index (χ3v) is 0.262. The second-order valence-electron chi connectivity index (χ2n) is 0.754. The van der Waals surface area contributed by atoms with E-state index >= 15 is 0 Å². The summed E-state index contributed by atoms with van der Waals surface area (Å²) < 4.78 is 3.85. The van der Waals surface area contributed by atoms with Gasteiger partial charge in [0.2, 0.25) is 6.79 Å². The average molecular weight is 89.1 g/mol. The van der Waals surface area contributed by atoms with Crippen molar-refractivity contribution in [2.75, 3.05) is 6.79 Å². The molecule has 3 heteroatoms. The zero-order valence-corrected chi connectivity index (χ0v) is 3.43. The number of esters is 1. The average Bonchev–Trinajstić information content (AvgIpc) is 1.35. The van der Waals surface area contributed by atoms with Crippen molar-refractivity contribution in [1.82, 2.24) is 0 Å². The third kappa shape index (κ3) is 3.43. The van der Waals surface area contributed by atoms with Gasteiger partial charge in [0.05, 0.1) is 0 Å². The maximum absolute atomic E-state index is 9.62. The van der Waals surface area contributed by atoms with Gasteiger partial charge in [-0.3, -0.25) is 4.79 Å². The molecule has 0 bridgehead atoms. The Morgan fingerprint density at radius 3 is 2.33 bits per heavy atom. The Morgan fingerprint density at radius 1 is 1.83 bits per heavy atom. The lowest BCUT2D eigenvalue weighted by Crippen LogP contribution is -1.96. The number of rotatable bonds is 1. The molecule has 35 valence electrons. The van der Waals surface area contributed by atoms with Crippen molar-refractivity contribution >= 4 is 5.97 Å². The van der Waals surface area contributed by atoms with Crippen molar-refractivity contribution in [2.45, 2.75) is 6.92 Å². The van der Waals surface area contributed by atoms with Gasteiger partial charge in [-0.15, -0.1) is 0 Å². The van der Waals surface area contributed by atoms with E-state index < -0.39 is 12.8 Å². The standard InChI is InChI=1S/C3H5O3/c1-3(5)6-2-4/h2H2,1H3. The Labute approximate surface area is 35.5 Å². The summed E-state index contributed by atoms with van der Waals surface area (Å²) in [6.07, 6.45) is 0. The van der Waals surface area contributed by atoms with Crippen molar-refractivity contribution in [3.63, 3.8) is 0 Å². The van der Waals surface area contributed by atoms with Crippen LogP contribution in [0.2, 0.25) is 0 Å². The molecule has 3 nitrogen and oxygen atoms in total. The second-order valence-corrected chi connectivity index (χ2v) is 0.754. The van der Waals surface area contributed by atoms with Crippen LogP contribution in [0.4, 0.5) is 0 Å². The highest BCUT2D eigenvalue weighted by Gasteiger charge is 1.83. The molecule has 0 N–H and O–H groups in total. The minimum absolute atomic E-state index is 0.523. The van der Waals surface area contributed by atoms with Gasteiger partial charge in [0.1, 0.15) is 0 Å². The molecule has 0 aliphatic carbocycles. The van der Waals surface area contributed by atoms with E-state index in [1.54, 1.807) is 0 Å². The Kier molecular flexibility index (Phi) is 2.40. The zero-order valence-electron chi connectivity index (χ0n) is 3.43. The predicted octanol–water partition coefficient (Wildman–Crippen LogP) is -0.0625. The number of ether oxygens (including phenoxy) is 1. The molecule has 0 aromatic heterocycles. The molecule has 0 saturated heterocycles. The highest BCUT2D eigenvalue weighted by Crippen LogP contribution is 1.67. The van der Waals surface area contributed by atoms with Crippen LogP contribution in [0.3, 0.4) is 0 Å². The minimum atomic E-state index is -0.769. The van der Waals surface area contributed by atoms with E-state index in [4.69, 9.17) is 0 Å². The first-order valence-electron chi connectivity index (χ1n) is 1.49. The van der Waals surface area contributed by atoms with Gasteiger partial charge in [0.15, 0.2) is 0 Å². The topological polar surface area (TPSA) is 46.2 Å². The fourth-order valence-corrected chi connectivity index (χ4v) is 0.0830. The molecule has 0 rings (SSSR count). The molecular formula is C3H5O3. The van der Waals surface area contributed by atoms with Gasteiger partial charge in [-0.1, -0.05) is 0 Å². The van der Waals surface area contributed by atoms with Crippen molar-refractivity contribution < 1.29 is 14.6 Å². The van der Waals surface area contributed by atoms with E-state index in [2.05, 4.69) is 4.74 Å². The van der Waals surface area contributed by atoms with Crippen LogP contribution in [0.15, 0.2) is 0 Å². The van der Waals surface area contributed by atoms with Gasteiger partial charge in [0, 0.05) is 6.92 Å². The maximum atomic E-state index is 9.62. The van der Waals surface area contributed by atoms with Gasteiger partial charge in [-0.2, -0.15) is 5.11 Å². The first-order chi connectivity index (χ1) is 2.77. The molecule has 0 unspecified atom stereocenters. The number of hydrogen-bond donors (Lipinski definition) is 0. The van der Waals surface area contributed by atoms with E-state index in [-0.39, 0.29) is 0 Å². The predicted molar refractivity (Wildman–Crippen MR) is 17.3 cm³/mol. The van der Waals surface area contributed by atoms with Crippen LogP contribution in [0.25, 0.3) is 0 Å². The summed E-state index contributed by atoms with van der Waals surface area (Å²) in [5.74, 6) is -0.523. The van der Waals surface area contributed by atoms with E-state index in [0.29, 0.717) is 0 Å². The van der Waals surface area contributed by atoms with Crippen LogP contribution in [-0.4, -0.2) is 12.8 Å². The van der Waals surface area contributed by atoms with E-state index in [1.165, 1.54) is 6.92 Å². The molecule has 0 amide bonds. The van der Waals surface area contributed by atoms with Crippen molar-refractivity contribution in [3.8, 4) is 0 Å². The molecular weight excluding hydrogens is 84.0 g/mol. The number of carbonyl (C=O) groups excluding carboxylic acids is 1. The molecule has 0 aromatic rings. The smallest absolute Gasteiger partial charge is 0.304 e. The summed E-state index contributed by atoms with van der Waals surface area (Å²) in [6, 6.07) is 0. The molecule has 1 radical (unpaired) electrons. The lowest BCUT2D eigenvalue weighted by atomic mass is 10.8. The van der Waals surface area contributed by atoms with Gasteiger partial charge < -0.3 is 4.74 Å². The fraction of sp³-hybridized carbons (Fsp3) is 0.667. The monoisotopic (exact) mass is 89.0 g/mol. The lowest BCUT2D eigenvalue weighted by Gasteiger charge is -1.86. The van der Waals surface area contributed by atoms with Gasteiger partial charge >= 0.3 is 5.97 Å². The van der Waals surface area contributed by atoms with Gasteiger partial charge in [-0.05, 0) is 0 Å². The normalized spacial score (nSPS) is 7.67. The second kappa shape index (κ2) is 2.66. The minimum Gasteiger partial charge on any atom is -0.436 e. The molecule has 6 heavy (non-hydrogen) atoms. The number of hydrogen-bond acceptors (Lipinski definition) is 2. The summed E-state index contributed by atoms with van der Waals surface area (Å²) in [6.45, 7) is 0.424. The summed E-state index contributed by atoms with van der Waals surface area (Å²) in [5, 5.41) is 9.30. The maximum Gasteiger partial charge on any atom is 0.304 e. The fourth-order valence-electron chi connectivity index (χ4n) is 0.0830. The Bertz CT molecular complexity index is 50.0. The van der Waals surface area contributed by atoms with Crippen LogP contribution >= 0.6 is 0 Å². The highest BCUT2D eigenvalue weighted by molar-refractivity contribution is 5.65. The molecule has 0 fully saturated rings. The Balaban J connectivity index is 2.83. The molecule has 0 aliphatic rings.